The molecule has 1 amide bonds. The second-order valence-electron chi connectivity index (χ2n) is 5.94. The molecule has 0 spiro atoms. The second kappa shape index (κ2) is 11.4. The highest BCUT2D eigenvalue weighted by Crippen LogP contribution is 2.17. The van der Waals surface area contributed by atoms with Gasteiger partial charge in [0.2, 0.25) is 0 Å². The number of ether oxygens (including phenoxy) is 1. The van der Waals surface area contributed by atoms with Gasteiger partial charge in [0, 0.05) is 5.75 Å². The fraction of sp³-hybridized carbons (Fsp3) is 0.333. The first-order chi connectivity index (χ1) is 12.7. The number of rotatable bonds is 10. The molecule has 0 aliphatic carbocycles. The minimum absolute atomic E-state index is 0.0956. The molecule has 0 aromatic heterocycles. The zero-order valence-corrected chi connectivity index (χ0v) is 16.2. The van der Waals surface area contributed by atoms with Crippen molar-refractivity contribution in [3.63, 3.8) is 0 Å². The van der Waals surface area contributed by atoms with Crippen LogP contribution in [0.15, 0.2) is 59.7 Å². The summed E-state index contributed by atoms with van der Waals surface area (Å²) in [6.45, 7) is 4.76. The quantitative estimate of drug-likeness (QED) is 0.377. The van der Waals surface area contributed by atoms with E-state index in [1.807, 2.05) is 49.4 Å². The van der Waals surface area contributed by atoms with Gasteiger partial charge in [-0.1, -0.05) is 43.7 Å². The molecule has 2 rings (SSSR count). The van der Waals surface area contributed by atoms with Crippen molar-refractivity contribution >= 4 is 23.9 Å². The lowest BCUT2D eigenvalue weighted by atomic mass is 10.2. The van der Waals surface area contributed by atoms with E-state index in [1.165, 1.54) is 5.56 Å². The number of nitrogens with zero attached hydrogens (tertiary/aromatic N) is 1. The molecule has 1 N–H and O–H groups in total. The van der Waals surface area contributed by atoms with E-state index >= 15 is 0 Å². The molecule has 0 bridgehead atoms. The molecule has 2 aromatic rings. The predicted octanol–water partition coefficient (Wildman–Crippen LogP) is 4.64. The first-order valence-corrected chi connectivity index (χ1v) is 9.95. The van der Waals surface area contributed by atoms with Gasteiger partial charge in [-0.25, -0.2) is 5.43 Å². The summed E-state index contributed by atoms with van der Waals surface area (Å²) in [5.74, 6) is 1.56. The maximum atomic E-state index is 12.1. The van der Waals surface area contributed by atoms with Gasteiger partial charge in [-0.05, 0) is 48.7 Å². The van der Waals surface area contributed by atoms with E-state index in [-0.39, 0.29) is 11.2 Å². The number of hydrogen-bond donors (Lipinski definition) is 1. The Balaban J connectivity index is 1.73. The molecule has 2 aromatic carbocycles. The van der Waals surface area contributed by atoms with Crippen molar-refractivity contribution < 1.29 is 9.53 Å². The monoisotopic (exact) mass is 370 g/mol. The average Bonchev–Trinajstić information content (AvgIpc) is 2.68. The second-order valence-corrected chi connectivity index (χ2v) is 7.27. The zero-order valence-electron chi connectivity index (χ0n) is 15.4. The Morgan fingerprint density at radius 3 is 2.62 bits per heavy atom. The highest BCUT2D eigenvalue weighted by Gasteiger charge is 2.12. The molecule has 1 atom stereocenters. The molecule has 0 saturated heterocycles. The predicted molar refractivity (Wildman–Crippen MR) is 110 cm³/mol. The van der Waals surface area contributed by atoms with E-state index in [2.05, 4.69) is 29.6 Å². The molecule has 0 fully saturated rings. The van der Waals surface area contributed by atoms with E-state index < -0.39 is 0 Å². The summed E-state index contributed by atoms with van der Waals surface area (Å²) >= 11 is 1.59. The van der Waals surface area contributed by atoms with Crippen molar-refractivity contribution in [1.29, 1.82) is 0 Å². The van der Waals surface area contributed by atoms with Crippen molar-refractivity contribution in [3.8, 4) is 5.75 Å². The highest BCUT2D eigenvalue weighted by molar-refractivity contribution is 7.99. The van der Waals surface area contributed by atoms with Crippen LogP contribution in [-0.4, -0.2) is 24.0 Å². The minimum Gasteiger partial charge on any atom is -0.494 e. The molecule has 0 aliphatic heterocycles. The summed E-state index contributed by atoms with van der Waals surface area (Å²) in [4.78, 5) is 12.1. The molecular weight excluding hydrogens is 344 g/mol. The summed E-state index contributed by atoms with van der Waals surface area (Å²) in [6, 6.07) is 17.8. The number of thioether (sulfide) groups is 1. The van der Waals surface area contributed by atoms with E-state index in [9.17, 15) is 4.79 Å². The number of carbonyl (C=O) groups is 1. The molecule has 4 nitrogen and oxygen atoms in total. The van der Waals surface area contributed by atoms with Gasteiger partial charge in [0.1, 0.15) is 5.75 Å². The number of hydrogen-bond acceptors (Lipinski definition) is 4. The third kappa shape index (κ3) is 7.31. The van der Waals surface area contributed by atoms with Crippen LogP contribution in [0.1, 0.15) is 37.8 Å². The number of benzene rings is 2. The number of hydrazone groups is 1. The Kier molecular flexibility index (Phi) is 8.76. The van der Waals surface area contributed by atoms with Crippen LogP contribution in [0.4, 0.5) is 0 Å². The van der Waals surface area contributed by atoms with Crippen LogP contribution < -0.4 is 10.2 Å². The Morgan fingerprint density at radius 1 is 1.19 bits per heavy atom. The zero-order chi connectivity index (χ0) is 18.6. The van der Waals surface area contributed by atoms with Gasteiger partial charge < -0.3 is 4.74 Å². The number of nitrogens with one attached hydrogen (secondary N) is 1. The van der Waals surface area contributed by atoms with Crippen LogP contribution in [0.25, 0.3) is 0 Å². The van der Waals surface area contributed by atoms with Crippen LogP contribution in [-0.2, 0) is 10.5 Å². The number of amides is 1. The number of unbranched alkanes of at least 4 members (excludes halogenated alkanes) is 1. The molecule has 0 radical (unpaired) electrons. The first kappa shape index (κ1) is 20.0. The van der Waals surface area contributed by atoms with Crippen LogP contribution >= 0.6 is 11.8 Å². The van der Waals surface area contributed by atoms with Gasteiger partial charge in [0.05, 0.1) is 18.1 Å². The molecule has 0 unspecified atom stereocenters. The molecule has 5 heteroatoms. The van der Waals surface area contributed by atoms with E-state index in [0.717, 1.165) is 36.5 Å². The van der Waals surface area contributed by atoms with Crippen molar-refractivity contribution in [2.45, 2.75) is 37.7 Å². The Hall–Kier alpha value is -2.27. The van der Waals surface area contributed by atoms with Gasteiger partial charge in [0.15, 0.2) is 0 Å². The van der Waals surface area contributed by atoms with Crippen LogP contribution in [0.3, 0.4) is 0 Å². The molecule has 0 saturated carbocycles. The molecule has 26 heavy (non-hydrogen) atoms. The molecule has 138 valence electrons. The largest absolute Gasteiger partial charge is 0.494 e. The average molecular weight is 371 g/mol. The van der Waals surface area contributed by atoms with Gasteiger partial charge in [-0.15, -0.1) is 11.8 Å². The van der Waals surface area contributed by atoms with Crippen LogP contribution in [0, 0.1) is 0 Å². The molecular formula is C21H26N2O2S. The number of carbonyl (C=O) groups excluding carboxylic acids is 1. The normalized spacial score (nSPS) is 12.1. The lowest BCUT2D eigenvalue weighted by Crippen LogP contribution is -2.26. The van der Waals surface area contributed by atoms with Crippen molar-refractivity contribution in [3.05, 3.63) is 65.7 Å². The van der Waals surface area contributed by atoms with Gasteiger partial charge >= 0.3 is 0 Å². The first-order valence-electron chi connectivity index (χ1n) is 8.90. The molecule has 0 aliphatic rings. The van der Waals surface area contributed by atoms with Crippen LogP contribution in [0.2, 0.25) is 0 Å². The fourth-order valence-corrected chi connectivity index (χ4v) is 2.96. The van der Waals surface area contributed by atoms with E-state index in [4.69, 9.17) is 4.74 Å². The summed E-state index contributed by atoms with van der Waals surface area (Å²) in [6.07, 6.45) is 3.81. The SMILES string of the molecule is CCCCOc1ccc(/C=N\NC(=O)[C@H](C)SCc2ccccc2)cc1. The van der Waals surface area contributed by atoms with Crippen LogP contribution in [0.5, 0.6) is 5.75 Å². The standard InChI is InChI=1S/C21H26N2O2S/c1-3-4-14-25-20-12-10-18(11-13-20)15-22-23-21(24)17(2)26-16-19-8-6-5-7-9-19/h5-13,15,17H,3-4,14,16H2,1-2H3,(H,23,24)/b22-15-/t17-/m0/s1. The smallest absolute Gasteiger partial charge is 0.252 e. The lowest BCUT2D eigenvalue weighted by Gasteiger charge is -2.09. The van der Waals surface area contributed by atoms with Crippen molar-refractivity contribution in [2.24, 2.45) is 5.10 Å². The van der Waals surface area contributed by atoms with Crippen molar-refractivity contribution in [2.75, 3.05) is 6.61 Å². The summed E-state index contributed by atoms with van der Waals surface area (Å²) < 4.78 is 5.62. The fourth-order valence-electron chi connectivity index (χ4n) is 2.12. The Labute approximate surface area is 160 Å². The Bertz CT molecular complexity index is 687. The highest BCUT2D eigenvalue weighted by atomic mass is 32.2. The topological polar surface area (TPSA) is 50.7 Å². The minimum atomic E-state index is -0.165. The Morgan fingerprint density at radius 2 is 1.92 bits per heavy atom. The van der Waals surface area contributed by atoms with Gasteiger partial charge in [-0.2, -0.15) is 5.10 Å². The summed E-state index contributed by atoms with van der Waals surface area (Å²) in [5, 5.41) is 3.88. The van der Waals surface area contributed by atoms with Gasteiger partial charge in [0.25, 0.3) is 5.91 Å². The summed E-state index contributed by atoms with van der Waals surface area (Å²) in [7, 11) is 0. The third-order valence-electron chi connectivity index (χ3n) is 3.75. The van der Waals surface area contributed by atoms with E-state index in [1.54, 1.807) is 18.0 Å². The van der Waals surface area contributed by atoms with Crippen molar-refractivity contribution in [1.82, 2.24) is 5.43 Å². The third-order valence-corrected chi connectivity index (χ3v) is 4.96. The molecule has 0 heterocycles. The maximum Gasteiger partial charge on any atom is 0.252 e. The lowest BCUT2D eigenvalue weighted by molar-refractivity contribution is -0.120. The summed E-state index contributed by atoms with van der Waals surface area (Å²) in [5.41, 5.74) is 4.73. The maximum absolute atomic E-state index is 12.1. The van der Waals surface area contributed by atoms with E-state index in [0.29, 0.717) is 0 Å². The van der Waals surface area contributed by atoms with Gasteiger partial charge in [-0.3, -0.25) is 4.79 Å².